The first-order valence-corrected chi connectivity index (χ1v) is 7.33. The molecule has 4 fully saturated rings. The molecule has 0 aliphatic heterocycles. The minimum atomic E-state index is -0.0186. The number of nitrogens with one attached hydrogen (secondary N) is 1. The Hall–Kier alpha value is -0.0800. The molecule has 0 atom stereocenters. The molecule has 0 heterocycles. The summed E-state index contributed by atoms with van der Waals surface area (Å²) in [6.45, 7) is 7.13. The molecule has 17 heavy (non-hydrogen) atoms. The van der Waals surface area contributed by atoms with Crippen LogP contribution in [0.3, 0.4) is 0 Å². The van der Waals surface area contributed by atoms with E-state index in [1.807, 2.05) is 0 Å². The van der Waals surface area contributed by atoms with Gasteiger partial charge < -0.3 is 4.74 Å². The fraction of sp³-hybridized carbons (Fsp3) is 1.00. The van der Waals surface area contributed by atoms with E-state index in [1.54, 1.807) is 0 Å². The third-order valence-electron chi connectivity index (χ3n) is 4.99. The van der Waals surface area contributed by atoms with Crippen LogP contribution in [0.15, 0.2) is 0 Å². The van der Waals surface area contributed by atoms with Gasteiger partial charge in [0.1, 0.15) is 0 Å². The molecular formula is C15H27NO. The van der Waals surface area contributed by atoms with Crippen molar-refractivity contribution in [3.05, 3.63) is 0 Å². The Morgan fingerprint density at radius 3 is 1.88 bits per heavy atom. The van der Waals surface area contributed by atoms with Gasteiger partial charge in [0.25, 0.3) is 0 Å². The molecule has 0 aromatic rings. The lowest BCUT2D eigenvalue weighted by Crippen LogP contribution is -2.59. The molecule has 0 spiro atoms. The zero-order chi connectivity index (χ0) is 12.1. The van der Waals surface area contributed by atoms with Crippen molar-refractivity contribution in [2.75, 3.05) is 6.73 Å². The molecule has 4 rings (SSSR count). The number of ether oxygens (including phenoxy) is 1. The largest absolute Gasteiger partial charge is 0.361 e. The Morgan fingerprint density at radius 1 is 1.00 bits per heavy atom. The molecule has 1 N–H and O–H groups in total. The molecule has 0 radical (unpaired) electrons. The standard InChI is InChI=1S/C15H27NO/c1-14(2,3)17-10-16-15-7-11-4-12(8-15)6-13(5-11)9-15/h11-13,16H,4-10H2,1-3H3. The lowest BCUT2D eigenvalue weighted by molar-refractivity contribution is -0.0673. The lowest BCUT2D eigenvalue weighted by atomic mass is 9.53. The maximum Gasteiger partial charge on any atom is 0.0976 e. The highest BCUT2D eigenvalue weighted by atomic mass is 16.5. The fourth-order valence-corrected chi connectivity index (χ4v) is 4.73. The highest BCUT2D eigenvalue weighted by molar-refractivity contribution is 5.06. The van der Waals surface area contributed by atoms with Gasteiger partial charge in [0.15, 0.2) is 0 Å². The summed E-state index contributed by atoms with van der Waals surface area (Å²) >= 11 is 0. The Balaban J connectivity index is 1.59. The van der Waals surface area contributed by atoms with Crippen LogP contribution in [-0.4, -0.2) is 17.9 Å². The SMILES string of the molecule is CC(C)(C)OCNC12CC3CC(CC(C3)C1)C2. The molecule has 2 heteroatoms. The van der Waals surface area contributed by atoms with Crippen LogP contribution in [0.25, 0.3) is 0 Å². The normalized spacial score (nSPS) is 44.3. The van der Waals surface area contributed by atoms with Gasteiger partial charge in [-0.05, 0) is 77.0 Å². The first-order chi connectivity index (χ1) is 7.94. The summed E-state index contributed by atoms with van der Waals surface area (Å²) in [5, 5.41) is 3.76. The van der Waals surface area contributed by atoms with Crippen LogP contribution in [0.4, 0.5) is 0 Å². The molecule has 0 aromatic carbocycles. The highest BCUT2D eigenvalue weighted by Crippen LogP contribution is 2.55. The van der Waals surface area contributed by atoms with Crippen LogP contribution < -0.4 is 5.32 Å². The van der Waals surface area contributed by atoms with Crippen molar-refractivity contribution >= 4 is 0 Å². The lowest BCUT2D eigenvalue weighted by Gasteiger charge is -2.57. The first-order valence-electron chi connectivity index (χ1n) is 7.33. The van der Waals surface area contributed by atoms with Crippen molar-refractivity contribution in [1.82, 2.24) is 5.32 Å². The molecule has 2 nitrogen and oxygen atoms in total. The van der Waals surface area contributed by atoms with Gasteiger partial charge >= 0.3 is 0 Å². The predicted octanol–water partition coefficient (Wildman–Crippen LogP) is 3.32. The van der Waals surface area contributed by atoms with E-state index < -0.39 is 0 Å². The first kappa shape index (κ1) is 12.0. The second kappa shape index (κ2) is 3.96. The molecule has 0 aromatic heterocycles. The zero-order valence-corrected chi connectivity index (χ0v) is 11.6. The van der Waals surface area contributed by atoms with Crippen LogP contribution >= 0.6 is 0 Å². The van der Waals surface area contributed by atoms with Crippen molar-refractivity contribution in [3.8, 4) is 0 Å². The van der Waals surface area contributed by atoms with Gasteiger partial charge in [0.2, 0.25) is 0 Å². The zero-order valence-electron chi connectivity index (χ0n) is 11.6. The smallest absolute Gasteiger partial charge is 0.0976 e. The molecule has 4 saturated carbocycles. The van der Waals surface area contributed by atoms with Crippen molar-refractivity contribution in [2.24, 2.45) is 17.8 Å². The Bertz CT molecular complexity index is 257. The summed E-state index contributed by atoms with van der Waals surface area (Å²) in [5.74, 6) is 3.05. The number of hydrogen-bond acceptors (Lipinski definition) is 2. The molecule has 4 aliphatic rings. The van der Waals surface area contributed by atoms with Gasteiger partial charge in [-0.2, -0.15) is 0 Å². The van der Waals surface area contributed by atoms with Gasteiger partial charge in [-0.15, -0.1) is 0 Å². The Morgan fingerprint density at radius 2 is 1.47 bits per heavy atom. The third-order valence-corrected chi connectivity index (χ3v) is 4.99. The van der Waals surface area contributed by atoms with Gasteiger partial charge in [-0.1, -0.05) is 0 Å². The van der Waals surface area contributed by atoms with Crippen molar-refractivity contribution in [3.63, 3.8) is 0 Å². The summed E-state index contributed by atoms with van der Waals surface area (Å²) < 4.78 is 5.86. The van der Waals surface area contributed by atoms with Crippen molar-refractivity contribution < 1.29 is 4.74 Å². The summed E-state index contributed by atoms with van der Waals surface area (Å²) in [7, 11) is 0. The van der Waals surface area contributed by atoms with E-state index in [0.717, 1.165) is 24.5 Å². The molecule has 4 bridgehead atoms. The van der Waals surface area contributed by atoms with Gasteiger partial charge in [-0.25, -0.2) is 0 Å². The van der Waals surface area contributed by atoms with Gasteiger partial charge in [0, 0.05) is 5.54 Å². The summed E-state index contributed by atoms with van der Waals surface area (Å²) in [4.78, 5) is 0. The van der Waals surface area contributed by atoms with Crippen LogP contribution in [-0.2, 0) is 4.74 Å². The Labute approximate surface area is 105 Å². The summed E-state index contributed by atoms with van der Waals surface area (Å²) in [6, 6.07) is 0. The quantitative estimate of drug-likeness (QED) is 0.760. The molecule has 0 amide bonds. The molecule has 0 saturated heterocycles. The Kier molecular flexibility index (Phi) is 2.79. The monoisotopic (exact) mass is 237 g/mol. The van der Waals surface area contributed by atoms with Crippen molar-refractivity contribution in [2.45, 2.75) is 70.4 Å². The molecule has 4 aliphatic carbocycles. The molecule has 0 unspecified atom stereocenters. The predicted molar refractivity (Wildman–Crippen MR) is 69.7 cm³/mol. The van der Waals surface area contributed by atoms with Crippen LogP contribution in [0.1, 0.15) is 59.3 Å². The van der Waals surface area contributed by atoms with E-state index in [-0.39, 0.29) is 5.60 Å². The van der Waals surface area contributed by atoms with Gasteiger partial charge in [0.05, 0.1) is 12.3 Å². The van der Waals surface area contributed by atoms with E-state index in [9.17, 15) is 0 Å². The van der Waals surface area contributed by atoms with E-state index >= 15 is 0 Å². The van der Waals surface area contributed by atoms with Gasteiger partial charge in [-0.3, -0.25) is 5.32 Å². The third kappa shape index (κ3) is 2.53. The molecule has 98 valence electrons. The average molecular weight is 237 g/mol. The van der Waals surface area contributed by atoms with E-state index in [4.69, 9.17) is 4.74 Å². The minimum absolute atomic E-state index is 0.0186. The second-order valence-corrected chi connectivity index (χ2v) is 7.78. The number of rotatable bonds is 3. The summed E-state index contributed by atoms with van der Waals surface area (Å²) in [6.07, 6.45) is 8.77. The number of hydrogen-bond donors (Lipinski definition) is 1. The maximum atomic E-state index is 5.86. The summed E-state index contributed by atoms with van der Waals surface area (Å²) in [5.41, 5.74) is 0.426. The van der Waals surface area contributed by atoms with Crippen LogP contribution in [0.5, 0.6) is 0 Å². The van der Waals surface area contributed by atoms with E-state index in [1.165, 1.54) is 38.5 Å². The molecular weight excluding hydrogens is 210 g/mol. The van der Waals surface area contributed by atoms with Crippen molar-refractivity contribution in [1.29, 1.82) is 0 Å². The second-order valence-electron chi connectivity index (χ2n) is 7.78. The topological polar surface area (TPSA) is 21.3 Å². The van der Waals surface area contributed by atoms with E-state index in [2.05, 4.69) is 26.1 Å². The minimum Gasteiger partial charge on any atom is -0.361 e. The fourth-order valence-electron chi connectivity index (χ4n) is 4.73. The average Bonchev–Trinajstić information content (AvgIpc) is 2.11. The van der Waals surface area contributed by atoms with Crippen LogP contribution in [0.2, 0.25) is 0 Å². The van der Waals surface area contributed by atoms with E-state index in [0.29, 0.717) is 5.54 Å². The van der Waals surface area contributed by atoms with Crippen LogP contribution in [0, 0.1) is 17.8 Å². The highest BCUT2D eigenvalue weighted by Gasteiger charge is 2.50. The maximum absolute atomic E-state index is 5.86.